The molecule has 1 heterocycles. The number of rotatable bonds is 2. The third kappa shape index (κ3) is 2.80. The van der Waals surface area contributed by atoms with E-state index >= 15 is 0 Å². The summed E-state index contributed by atoms with van der Waals surface area (Å²) in [5, 5.41) is 12.5. The quantitative estimate of drug-likeness (QED) is 0.924. The van der Waals surface area contributed by atoms with Gasteiger partial charge in [0.05, 0.1) is 25.4 Å². The maximum Gasteiger partial charge on any atom is 0.254 e. The third-order valence-electron chi connectivity index (χ3n) is 5.45. The molecule has 3 atom stereocenters. The highest BCUT2D eigenvalue weighted by molar-refractivity contribution is 5.98. The normalized spacial score (nSPS) is 27.5. The van der Waals surface area contributed by atoms with Gasteiger partial charge in [-0.15, -0.1) is 0 Å². The molecule has 0 bridgehead atoms. The average Bonchev–Trinajstić information content (AvgIpc) is 3.06. The molecule has 2 aromatic carbocycles. The number of benzene rings is 2. The number of carbonyl (C=O) groups excluding carboxylic acids is 1. The van der Waals surface area contributed by atoms with Crippen LogP contribution in [-0.2, 0) is 4.74 Å². The molecule has 4 heteroatoms. The fraction of sp³-hybridized carbons (Fsp3) is 0.450. The van der Waals surface area contributed by atoms with Gasteiger partial charge in [0.15, 0.2) is 0 Å². The molecule has 1 N–H and O–H groups in total. The Morgan fingerprint density at radius 3 is 2.75 bits per heavy atom. The molecular weight excluding hydrogens is 302 g/mol. The third-order valence-corrected chi connectivity index (χ3v) is 5.45. The number of carbonyl (C=O) groups is 1. The monoisotopic (exact) mass is 325 g/mol. The first-order valence-electron chi connectivity index (χ1n) is 8.79. The van der Waals surface area contributed by atoms with Gasteiger partial charge in [-0.25, -0.2) is 0 Å². The van der Waals surface area contributed by atoms with Crippen molar-refractivity contribution >= 4 is 16.7 Å². The van der Waals surface area contributed by atoms with E-state index in [1.165, 1.54) is 0 Å². The largest absolute Gasteiger partial charge is 0.393 e. The van der Waals surface area contributed by atoms with Crippen molar-refractivity contribution in [2.24, 2.45) is 5.92 Å². The van der Waals surface area contributed by atoms with Gasteiger partial charge in [-0.1, -0.05) is 36.8 Å². The summed E-state index contributed by atoms with van der Waals surface area (Å²) in [6.07, 6.45) is 2.51. The minimum atomic E-state index is -0.316. The molecule has 2 fully saturated rings. The van der Waals surface area contributed by atoms with Crippen molar-refractivity contribution in [3.8, 4) is 0 Å². The molecule has 1 aliphatic heterocycles. The maximum absolute atomic E-state index is 13.1. The fourth-order valence-electron chi connectivity index (χ4n) is 4.14. The summed E-state index contributed by atoms with van der Waals surface area (Å²) < 4.78 is 5.62. The smallest absolute Gasteiger partial charge is 0.254 e. The summed E-state index contributed by atoms with van der Waals surface area (Å²) in [5.41, 5.74) is 0.716. The molecule has 0 aromatic heterocycles. The molecule has 4 rings (SSSR count). The molecule has 24 heavy (non-hydrogen) atoms. The number of nitrogens with zero attached hydrogens (tertiary/aromatic N) is 1. The van der Waals surface area contributed by atoms with Crippen LogP contribution in [0.3, 0.4) is 0 Å². The lowest BCUT2D eigenvalue weighted by molar-refractivity contribution is -0.0383. The van der Waals surface area contributed by atoms with E-state index < -0.39 is 0 Å². The van der Waals surface area contributed by atoms with E-state index in [4.69, 9.17) is 4.74 Å². The molecule has 4 nitrogen and oxygen atoms in total. The van der Waals surface area contributed by atoms with Crippen LogP contribution in [0.2, 0.25) is 0 Å². The first-order chi connectivity index (χ1) is 11.7. The molecule has 2 aromatic rings. The zero-order valence-corrected chi connectivity index (χ0v) is 13.7. The molecule has 0 spiro atoms. The summed E-state index contributed by atoms with van der Waals surface area (Å²) in [5.74, 6) is 0.183. The van der Waals surface area contributed by atoms with Crippen LogP contribution in [-0.4, -0.2) is 47.8 Å². The fourth-order valence-corrected chi connectivity index (χ4v) is 4.14. The molecule has 0 radical (unpaired) electrons. The van der Waals surface area contributed by atoms with Crippen molar-refractivity contribution in [3.63, 3.8) is 0 Å². The highest BCUT2D eigenvalue weighted by Crippen LogP contribution is 2.33. The van der Waals surface area contributed by atoms with E-state index in [-0.39, 0.29) is 24.0 Å². The minimum Gasteiger partial charge on any atom is -0.393 e. The van der Waals surface area contributed by atoms with Crippen LogP contribution < -0.4 is 0 Å². The minimum absolute atomic E-state index is 0.0183. The Hall–Kier alpha value is -1.91. The molecule has 1 saturated carbocycles. The number of aliphatic hydroxyl groups is 1. The number of amides is 1. The predicted octanol–water partition coefficient (Wildman–Crippen LogP) is 2.84. The van der Waals surface area contributed by atoms with Crippen LogP contribution in [0.5, 0.6) is 0 Å². The van der Waals surface area contributed by atoms with Gasteiger partial charge in [0.25, 0.3) is 5.91 Å². The number of morpholine rings is 1. The average molecular weight is 325 g/mol. The standard InChI is InChI=1S/C20H23NO3/c22-19-7-3-6-17(19)18-13-24-11-10-21(18)20(23)16-9-8-14-4-1-2-5-15(14)12-16/h1-2,4-5,8-9,12,17-19,22H,3,6-7,10-11,13H2/t17-,18-,19+/m1/s1. The Morgan fingerprint density at radius 1 is 1.12 bits per heavy atom. The number of fused-ring (bicyclic) bond motifs is 1. The van der Waals surface area contributed by atoms with Crippen molar-refractivity contribution < 1.29 is 14.6 Å². The molecule has 0 unspecified atom stereocenters. The molecule has 1 saturated heterocycles. The van der Waals surface area contributed by atoms with Gasteiger partial charge in [0.2, 0.25) is 0 Å². The van der Waals surface area contributed by atoms with Gasteiger partial charge < -0.3 is 14.7 Å². The van der Waals surface area contributed by atoms with Gasteiger partial charge in [0, 0.05) is 18.0 Å². The van der Waals surface area contributed by atoms with Gasteiger partial charge in [-0.3, -0.25) is 4.79 Å². The first-order valence-corrected chi connectivity index (χ1v) is 8.79. The highest BCUT2D eigenvalue weighted by atomic mass is 16.5. The second kappa shape index (κ2) is 6.54. The van der Waals surface area contributed by atoms with Gasteiger partial charge in [-0.2, -0.15) is 0 Å². The zero-order valence-electron chi connectivity index (χ0n) is 13.7. The summed E-state index contributed by atoms with van der Waals surface area (Å²) in [7, 11) is 0. The number of aliphatic hydroxyl groups excluding tert-OH is 1. The Morgan fingerprint density at radius 2 is 1.96 bits per heavy atom. The Kier molecular flexibility index (Phi) is 4.25. The summed E-state index contributed by atoms with van der Waals surface area (Å²) >= 11 is 0. The SMILES string of the molecule is O=C(c1ccc2ccccc2c1)N1CCOC[C@@H]1[C@H]1CCC[C@@H]1O. The van der Waals surface area contributed by atoms with Crippen molar-refractivity contribution in [3.05, 3.63) is 48.0 Å². The van der Waals surface area contributed by atoms with Crippen LogP contribution in [0.4, 0.5) is 0 Å². The van der Waals surface area contributed by atoms with Crippen LogP contribution in [0.15, 0.2) is 42.5 Å². The van der Waals surface area contributed by atoms with Crippen molar-refractivity contribution in [1.29, 1.82) is 0 Å². The van der Waals surface area contributed by atoms with E-state index in [2.05, 4.69) is 6.07 Å². The highest BCUT2D eigenvalue weighted by Gasteiger charge is 2.39. The Labute approximate surface area is 142 Å². The van der Waals surface area contributed by atoms with E-state index in [1.807, 2.05) is 41.3 Å². The van der Waals surface area contributed by atoms with Crippen LogP contribution in [0.25, 0.3) is 10.8 Å². The molecule has 126 valence electrons. The number of hydrogen-bond donors (Lipinski definition) is 1. The first kappa shape index (κ1) is 15.6. The molecule has 1 aliphatic carbocycles. The van der Waals surface area contributed by atoms with Crippen molar-refractivity contribution in [2.75, 3.05) is 19.8 Å². The maximum atomic E-state index is 13.1. The lowest BCUT2D eigenvalue weighted by Crippen LogP contribution is -2.53. The van der Waals surface area contributed by atoms with E-state index in [0.29, 0.717) is 25.3 Å². The summed E-state index contributed by atoms with van der Waals surface area (Å²) in [4.78, 5) is 15.0. The van der Waals surface area contributed by atoms with E-state index in [1.54, 1.807) is 0 Å². The Bertz CT molecular complexity index is 744. The number of ether oxygens (including phenoxy) is 1. The predicted molar refractivity (Wildman–Crippen MR) is 92.9 cm³/mol. The van der Waals surface area contributed by atoms with Crippen molar-refractivity contribution in [2.45, 2.75) is 31.4 Å². The lowest BCUT2D eigenvalue weighted by Gasteiger charge is -2.40. The summed E-state index contributed by atoms with van der Waals surface area (Å²) in [6.45, 7) is 1.69. The zero-order chi connectivity index (χ0) is 16.5. The van der Waals surface area contributed by atoms with Gasteiger partial charge in [-0.05, 0) is 35.7 Å². The van der Waals surface area contributed by atoms with Gasteiger partial charge >= 0.3 is 0 Å². The lowest BCUT2D eigenvalue weighted by atomic mass is 9.93. The van der Waals surface area contributed by atoms with E-state index in [9.17, 15) is 9.90 Å². The second-order valence-corrected chi connectivity index (χ2v) is 6.86. The Balaban J connectivity index is 1.62. The molecule has 1 amide bonds. The molecular formula is C20H23NO3. The van der Waals surface area contributed by atoms with Crippen LogP contribution >= 0.6 is 0 Å². The van der Waals surface area contributed by atoms with Gasteiger partial charge in [0.1, 0.15) is 0 Å². The van der Waals surface area contributed by atoms with Crippen LogP contribution in [0, 0.1) is 5.92 Å². The molecule has 2 aliphatic rings. The topological polar surface area (TPSA) is 49.8 Å². The number of hydrogen-bond acceptors (Lipinski definition) is 3. The van der Waals surface area contributed by atoms with Crippen molar-refractivity contribution in [1.82, 2.24) is 4.90 Å². The summed E-state index contributed by atoms with van der Waals surface area (Å²) in [6, 6.07) is 13.9. The van der Waals surface area contributed by atoms with E-state index in [0.717, 1.165) is 30.0 Å². The second-order valence-electron chi connectivity index (χ2n) is 6.86. The van der Waals surface area contributed by atoms with Crippen LogP contribution in [0.1, 0.15) is 29.6 Å².